The Morgan fingerprint density at radius 3 is 2.88 bits per heavy atom. The summed E-state index contributed by atoms with van der Waals surface area (Å²) in [7, 11) is 0. The van der Waals surface area contributed by atoms with Gasteiger partial charge < -0.3 is 4.90 Å². The largest absolute Gasteiger partial charge is 0.309 e. The van der Waals surface area contributed by atoms with Crippen LogP contribution in [-0.2, 0) is 4.79 Å². The molecule has 0 atom stereocenters. The van der Waals surface area contributed by atoms with E-state index in [9.17, 15) is 4.79 Å². The predicted octanol–water partition coefficient (Wildman–Crippen LogP) is 2.73. The van der Waals surface area contributed by atoms with E-state index >= 15 is 0 Å². The summed E-state index contributed by atoms with van der Waals surface area (Å²) in [5.41, 5.74) is 2.37. The van der Waals surface area contributed by atoms with Gasteiger partial charge in [0.2, 0.25) is 5.91 Å². The van der Waals surface area contributed by atoms with Crippen molar-refractivity contribution in [3.05, 3.63) is 42.2 Å². The van der Waals surface area contributed by atoms with Gasteiger partial charge in [-0.3, -0.25) is 14.8 Å². The first kappa shape index (κ1) is 15.7. The zero-order valence-corrected chi connectivity index (χ0v) is 14.5. The van der Waals surface area contributed by atoms with Gasteiger partial charge in [0.1, 0.15) is 0 Å². The van der Waals surface area contributed by atoms with Crippen molar-refractivity contribution in [2.24, 2.45) is 0 Å². The SMILES string of the molecule is O=C(CN1CCC(c2cn[nH]c2)CC1)N1CCSc2ccccc21. The van der Waals surface area contributed by atoms with Gasteiger partial charge in [-0.05, 0) is 49.5 Å². The maximum absolute atomic E-state index is 12.8. The number of nitrogens with one attached hydrogen (secondary N) is 1. The quantitative estimate of drug-likeness (QED) is 0.932. The number of benzene rings is 1. The van der Waals surface area contributed by atoms with Crippen molar-refractivity contribution in [3.63, 3.8) is 0 Å². The van der Waals surface area contributed by atoms with Gasteiger partial charge >= 0.3 is 0 Å². The number of aromatic nitrogens is 2. The number of piperidine rings is 1. The van der Waals surface area contributed by atoms with E-state index in [1.54, 1.807) is 0 Å². The molecule has 0 bridgehead atoms. The molecule has 5 nitrogen and oxygen atoms in total. The summed E-state index contributed by atoms with van der Waals surface area (Å²) in [5.74, 6) is 1.78. The lowest BCUT2D eigenvalue weighted by Gasteiger charge is -2.34. The molecule has 6 heteroatoms. The van der Waals surface area contributed by atoms with E-state index in [1.165, 1.54) is 10.5 Å². The molecule has 2 aliphatic heterocycles. The van der Waals surface area contributed by atoms with Gasteiger partial charge in [-0.2, -0.15) is 5.10 Å². The highest BCUT2D eigenvalue weighted by atomic mass is 32.2. The molecule has 2 aromatic rings. The van der Waals surface area contributed by atoms with Gasteiger partial charge in [-0.1, -0.05) is 12.1 Å². The molecule has 3 heterocycles. The van der Waals surface area contributed by atoms with Crippen LogP contribution < -0.4 is 4.90 Å². The average Bonchev–Trinajstić information content (AvgIpc) is 3.16. The van der Waals surface area contributed by atoms with Crippen LogP contribution in [0.3, 0.4) is 0 Å². The van der Waals surface area contributed by atoms with E-state index in [1.807, 2.05) is 41.2 Å². The minimum absolute atomic E-state index is 0.226. The van der Waals surface area contributed by atoms with Gasteiger partial charge in [0.25, 0.3) is 0 Å². The van der Waals surface area contributed by atoms with Crippen LogP contribution in [0.1, 0.15) is 24.3 Å². The number of hydrogen-bond donors (Lipinski definition) is 1. The molecular weight excluding hydrogens is 320 g/mol. The number of hydrogen-bond acceptors (Lipinski definition) is 4. The van der Waals surface area contributed by atoms with Gasteiger partial charge in [0.05, 0.1) is 18.4 Å². The van der Waals surface area contributed by atoms with Crippen LogP contribution in [-0.4, -0.2) is 52.9 Å². The molecule has 1 amide bonds. The number of H-pyrrole nitrogens is 1. The molecule has 126 valence electrons. The fraction of sp³-hybridized carbons (Fsp3) is 0.444. The fourth-order valence-electron chi connectivity index (χ4n) is 3.61. The molecule has 1 N–H and O–H groups in total. The van der Waals surface area contributed by atoms with E-state index in [0.717, 1.165) is 43.9 Å². The molecule has 1 saturated heterocycles. The maximum atomic E-state index is 12.8. The third-order valence-corrected chi connectivity index (χ3v) is 6.01. The van der Waals surface area contributed by atoms with Crippen LogP contribution in [0.2, 0.25) is 0 Å². The van der Waals surface area contributed by atoms with Crippen molar-refractivity contribution >= 4 is 23.4 Å². The lowest BCUT2D eigenvalue weighted by Crippen LogP contribution is -2.45. The molecule has 0 unspecified atom stereocenters. The monoisotopic (exact) mass is 342 g/mol. The molecule has 4 rings (SSSR count). The topological polar surface area (TPSA) is 52.2 Å². The Kier molecular flexibility index (Phi) is 4.58. The summed E-state index contributed by atoms with van der Waals surface area (Å²) in [5, 5.41) is 6.94. The number of fused-ring (bicyclic) bond motifs is 1. The molecule has 1 aromatic carbocycles. The number of carbonyl (C=O) groups excluding carboxylic acids is 1. The van der Waals surface area contributed by atoms with Crippen LogP contribution in [0.15, 0.2) is 41.6 Å². The number of carbonyl (C=O) groups is 1. The molecular formula is C18H22N4OS. The first-order chi connectivity index (χ1) is 11.8. The maximum Gasteiger partial charge on any atom is 0.241 e. The Labute approximate surface area is 146 Å². The van der Waals surface area contributed by atoms with E-state index in [-0.39, 0.29) is 5.91 Å². The van der Waals surface area contributed by atoms with Gasteiger partial charge in [-0.25, -0.2) is 0 Å². The van der Waals surface area contributed by atoms with Crippen LogP contribution >= 0.6 is 11.8 Å². The first-order valence-corrected chi connectivity index (χ1v) is 9.53. The van der Waals surface area contributed by atoms with Crippen LogP contribution in [0.5, 0.6) is 0 Å². The third kappa shape index (κ3) is 3.21. The minimum atomic E-state index is 0.226. The summed E-state index contributed by atoms with van der Waals surface area (Å²) in [6.07, 6.45) is 6.11. The number of thioether (sulfide) groups is 1. The number of nitrogens with zero attached hydrogens (tertiary/aromatic N) is 3. The summed E-state index contributed by atoms with van der Waals surface area (Å²) >= 11 is 1.84. The second kappa shape index (κ2) is 6.99. The number of anilines is 1. The van der Waals surface area contributed by atoms with E-state index in [2.05, 4.69) is 27.2 Å². The Balaban J connectivity index is 1.36. The molecule has 0 saturated carbocycles. The first-order valence-electron chi connectivity index (χ1n) is 8.54. The Hall–Kier alpha value is -1.79. The van der Waals surface area contributed by atoms with Crippen molar-refractivity contribution in [2.45, 2.75) is 23.7 Å². The van der Waals surface area contributed by atoms with Crippen molar-refractivity contribution in [3.8, 4) is 0 Å². The second-order valence-electron chi connectivity index (χ2n) is 6.44. The predicted molar refractivity (Wildman–Crippen MR) is 96.5 cm³/mol. The zero-order valence-electron chi connectivity index (χ0n) is 13.6. The summed E-state index contributed by atoms with van der Waals surface area (Å²) in [4.78, 5) is 18.3. The van der Waals surface area contributed by atoms with Gasteiger partial charge in [0, 0.05) is 23.4 Å². The molecule has 1 aromatic heterocycles. The number of aromatic amines is 1. The fourth-order valence-corrected chi connectivity index (χ4v) is 4.61. The standard InChI is InChI=1S/C18H22N4OS/c23-18(22-9-10-24-17-4-2-1-3-16(17)22)13-21-7-5-14(6-8-21)15-11-19-20-12-15/h1-4,11-12,14H,5-10,13H2,(H,19,20). The van der Waals surface area contributed by atoms with Crippen molar-refractivity contribution in [1.29, 1.82) is 0 Å². The number of likely N-dealkylation sites (tertiary alicyclic amines) is 1. The molecule has 0 aliphatic carbocycles. The molecule has 2 aliphatic rings. The number of amides is 1. The van der Waals surface area contributed by atoms with E-state index in [0.29, 0.717) is 12.5 Å². The van der Waals surface area contributed by atoms with Crippen LogP contribution in [0, 0.1) is 0 Å². The Bertz CT molecular complexity index is 695. The average molecular weight is 342 g/mol. The lowest BCUT2D eigenvalue weighted by molar-refractivity contribution is -0.120. The van der Waals surface area contributed by atoms with E-state index < -0.39 is 0 Å². The third-order valence-electron chi connectivity index (χ3n) is 4.97. The Morgan fingerprint density at radius 2 is 2.08 bits per heavy atom. The van der Waals surface area contributed by atoms with Crippen LogP contribution in [0.4, 0.5) is 5.69 Å². The molecule has 0 radical (unpaired) electrons. The van der Waals surface area contributed by atoms with Crippen molar-refractivity contribution < 1.29 is 4.79 Å². The molecule has 1 fully saturated rings. The molecule has 24 heavy (non-hydrogen) atoms. The summed E-state index contributed by atoms with van der Waals surface area (Å²) in [6, 6.07) is 8.22. The summed E-state index contributed by atoms with van der Waals surface area (Å²) in [6.45, 7) is 3.29. The highest BCUT2D eigenvalue weighted by Gasteiger charge is 2.27. The highest BCUT2D eigenvalue weighted by Crippen LogP contribution is 2.34. The summed E-state index contributed by atoms with van der Waals surface area (Å²) < 4.78 is 0. The normalized spacial score (nSPS) is 19.2. The van der Waals surface area contributed by atoms with Crippen LogP contribution in [0.25, 0.3) is 0 Å². The van der Waals surface area contributed by atoms with Crippen molar-refractivity contribution in [2.75, 3.05) is 36.8 Å². The number of para-hydroxylation sites is 1. The van der Waals surface area contributed by atoms with Gasteiger partial charge in [0.15, 0.2) is 0 Å². The smallest absolute Gasteiger partial charge is 0.241 e. The second-order valence-corrected chi connectivity index (χ2v) is 7.58. The Morgan fingerprint density at radius 1 is 1.25 bits per heavy atom. The highest BCUT2D eigenvalue weighted by molar-refractivity contribution is 7.99. The lowest BCUT2D eigenvalue weighted by atomic mass is 9.91. The van der Waals surface area contributed by atoms with Crippen molar-refractivity contribution in [1.82, 2.24) is 15.1 Å². The van der Waals surface area contributed by atoms with Gasteiger partial charge in [-0.15, -0.1) is 11.8 Å². The zero-order chi connectivity index (χ0) is 16.4. The van der Waals surface area contributed by atoms with E-state index in [4.69, 9.17) is 0 Å². The number of rotatable bonds is 3. The molecule has 0 spiro atoms. The minimum Gasteiger partial charge on any atom is -0.309 e.